The molecule has 6 nitrogen and oxygen atoms in total. The summed E-state index contributed by atoms with van der Waals surface area (Å²) in [5.74, 6) is -5.70. The molecule has 0 radical (unpaired) electrons. The maximum Gasteiger partial charge on any atom is 0.272 e. The zero-order valence-corrected chi connectivity index (χ0v) is 20.3. The first-order valence-electron chi connectivity index (χ1n) is 11.1. The Balaban J connectivity index is 1.58. The summed E-state index contributed by atoms with van der Waals surface area (Å²) in [6.07, 6.45) is 6.04. The number of halogens is 4. The number of aryl methyl sites for hydroxylation is 2. The Hall–Kier alpha value is -3.44. The minimum absolute atomic E-state index is 0.0211. The number of carbonyl (C=O) groups is 1. The second-order valence-corrected chi connectivity index (χ2v) is 10.6. The van der Waals surface area contributed by atoms with Crippen LogP contribution >= 0.6 is 0 Å². The second-order valence-electron chi connectivity index (χ2n) is 8.78. The lowest BCUT2D eigenvalue weighted by Crippen LogP contribution is -2.36. The molecule has 0 fully saturated rings. The molecule has 0 saturated heterocycles. The number of rotatable bonds is 6. The number of hydrogen-bond acceptors (Lipinski definition) is 3. The van der Waals surface area contributed by atoms with E-state index in [4.69, 9.17) is 4.78 Å². The molecule has 1 unspecified atom stereocenters. The van der Waals surface area contributed by atoms with E-state index in [2.05, 4.69) is 10.0 Å². The Bertz CT molecular complexity index is 1430. The Labute approximate surface area is 206 Å². The average Bonchev–Trinajstić information content (AvgIpc) is 3.10. The van der Waals surface area contributed by atoms with Crippen LogP contribution in [0.3, 0.4) is 0 Å². The number of hydrogen-bond donors (Lipinski definition) is 3. The van der Waals surface area contributed by atoms with Gasteiger partial charge in [0.15, 0.2) is 17.5 Å². The lowest BCUT2D eigenvalue weighted by atomic mass is 9.94. The molecule has 11 heteroatoms. The van der Waals surface area contributed by atoms with Crippen molar-refractivity contribution in [2.45, 2.75) is 30.7 Å². The molecule has 3 atom stereocenters. The first-order chi connectivity index (χ1) is 17.0. The van der Waals surface area contributed by atoms with Crippen LogP contribution in [-0.2, 0) is 23.4 Å². The lowest BCUT2D eigenvalue weighted by molar-refractivity contribution is 0.101. The summed E-state index contributed by atoms with van der Waals surface area (Å²) in [6.45, 7) is 1.93. The zero-order chi connectivity index (χ0) is 26.2. The van der Waals surface area contributed by atoms with Gasteiger partial charge in [0.25, 0.3) is 5.91 Å². The van der Waals surface area contributed by atoms with Gasteiger partial charge in [0.2, 0.25) is 0 Å². The maximum absolute atomic E-state index is 13.6. The SMILES string of the molecule is C[C@@H](CCc1ccc(F)cc1)[C@H]1C=Cc2c(cn(C)c2C(=O)Nc2cc(F)c(F)c(F)c2)S(=N)(=O)N1. The van der Waals surface area contributed by atoms with Crippen LogP contribution in [0.25, 0.3) is 6.08 Å². The third-order valence-corrected chi connectivity index (χ3v) is 7.69. The topological polar surface area (TPSA) is 87.0 Å². The van der Waals surface area contributed by atoms with Gasteiger partial charge in [0.05, 0.1) is 4.90 Å². The van der Waals surface area contributed by atoms with E-state index < -0.39 is 39.3 Å². The van der Waals surface area contributed by atoms with E-state index in [1.54, 1.807) is 24.3 Å². The molecule has 0 bridgehead atoms. The molecule has 36 heavy (non-hydrogen) atoms. The van der Waals surface area contributed by atoms with Crippen LogP contribution in [0.1, 0.15) is 35.0 Å². The van der Waals surface area contributed by atoms with Crippen molar-refractivity contribution in [1.82, 2.24) is 9.29 Å². The Morgan fingerprint density at radius 3 is 2.44 bits per heavy atom. The van der Waals surface area contributed by atoms with Crippen LogP contribution in [0.15, 0.2) is 53.6 Å². The number of aromatic nitrogens is 1. The summed E-state index contributed by atoms with van der Waals surface area (Å²) in [6, 6.07) is 7.03. The Kier molecular flexibility index (Phi) is 7.05. The summed E-state index contributed by atoms with van der Waals surface area (Å²) in [5, 5.41) is 2.33. The monoisotopic (exact) mass is 520 g/mol. The Morgan fingerprint density at radius 2 is 1.81 bits per heavy atom. The molecular formula is C25H24F4N4O2S. The Morgan fingerprint density at radius 1 is 1.17 bits per heavy atom. The molecule has 3 aromatic rings. The minimum Gasteiger partial charge on any atom is -0.345 e. The summed E-state index contributed by atoms with van der Waals surface area (Å²) >= 11 is 0. The van der Waals surface area contributed by atoms with Crippen LogP contribution in [0.5, 0.6) is 0 Å². The summed E-state index contributed by atoms with van der Waals surface area (Å²) in [4.78, 5) is 13.1. The summed E-state index contributed by atoms with van der Waals surface area (Å²) < 4.78 is 79.6. The maximum atomic E-state index is 13.6. The highest BCUT2D eigenvalue weighted by Crippen LogP contribution is 2.30. The third-order valence-electron chi connectivity index (χ3n) is 6.14. The van der Waals surface area contributed by atoms with E-state index in [-0.39, 0.29) is 33.6 Å². The number of carbonyl (C=O) groups excluding carboxylic acids is 1. The molecule has 190 valence electrons. The first kappa shape index (κ1) is 25.6. The van der Waals surface area contributed by atoms with Crippen LogP contribution in [0.2, 0.25) is 0 Å². The van der Waals surface area contributed by atoms with E-state index in [0.29, 0.717) is 25.0 Å². The molecule has 4 rings (SSSR count). The van der Waals surface area contributed by atoms with Gasteiger partial charge in [-0.1, -0.05) is 31.2 Å². The number of benzene rings is 2. The van der Waals surface area contributed by atoms with Crippen molar-refractivity contribution in [1.29, 1.82) is 4.78 Å². The zero-order valence-electron chi connectivity index (χ0n) is 19.4. The van der Waals surface area contributed by atoms with Gasteiger partial charge in [-0.2, -0.15) is 0 Å². The highest BCUT2D eigenvalue weighted by atomic mass is 32.2. The molecule has 0 spiro atoms. The fourth-order valence-electron chi connectivity index (χ4n) is 4.13. The van der Waals surface area contributed by atoms with Crippen LogP contribution in [0.4, 0.5) is 23.2 Å². The lowest BCUT2D eigenvalue weighted by Gasteiger charge is -2.22. The third kappa shape index (κ3) is 5.21. The van der Waals surface area contributed by atoms with E-state index in [0.717, 1.165) is 5.56 Å². The molecule has 1 aliphatic heterocycles. The van der Waals surface area contributed by atoms with Crippen LogP contribution < -0.4 is 10.0 Å². The quantitative estimate of drug-likeness (QED) is 0.300. The van der Waals surface area contributed by atoms with Crippen molar-refractivity contribution in [2.75, 3.05) is 5.32 Å². The molecule has 1 aliphatic rings. The smallest absolute Gasteiger partial charge is 0.272 e. The molecule has 3 N–H and O–H groups in total. The predicted molar refractivity (Wildman–Crippen MR) is 129 cm³/mol. The van der Waals surface area contributed by atoms with Crippen molar-refractivity contribution < 1.29 is 26.6 Å². The minimum atomic E-state index is -3.52. The van der Waals surface area contributed by atoms with Crippen LogP contribution in [0, 0.1) is 34.0 Å². The van der Waals surface area contributed by atoms with Gasteiger partial charge in [-0.25, -0.2) is 31.3 Å². The fourth-order valence-corrected chi connectivity index (χ4v) is 5.73. The van der Waals surface area contributed by atoms with Crippen molar-refractivity contribution in [2.24, 2.45) is 13.0 Å². The first-order valence-corrected chi connectivity index (χ1v) is 12.7. The van der Waals surface area contributed by atoms with E-state index in [1.807, 2.05) is 6.92 Å². The van der Waals surface area contributed by atoms with Crippen molar-refractivity contribution in [3.05, 3.63) is 88.8 Å². The van der Waals surface area contributed by atoms with Crippen molar-refractivity contribution in [3.8, 4) is 0 Å². The highest BCUT2D eigenvalue weighted by Gasteiger charge is 2.30. The van der Waals surface area contributed by atoms with Gasteiger partial charge in [-0.3, -0.25) is 4.79 Å². The molecule has 0 aliphatic carbocycles. The van der Waals surface area contributed by atoms with E-state index >= 15 is 0 Å². The molecule has 2 aromatic carbocycles. The van der Waals surface area contributed by atoms with Gasteiger partial charge in [-0.05, 0) is 36.5 Å². The largest absolute Gasteiger partial charge is 0.345 e. The molecular weight excluding hydrogens is 496 g/mol. The number of anilines is 1. The van der Waals surface area contributed by atoms with Gasteiger partial charge in [-0.15, -0.1) is 0 Å². The summed E-state index contributed by atoms with van der Waals surface area (Å²) in [7, 11) is -2.01. The fraction of sp³-hybridized carbons (Fsp3) is 0.240. The number of nitrogens with one attached hydrogen (secondary N) is 3. The summed E-state index contributed by atoms with van der Waals surface area (Å²) in [5.41, 5.74) is 0.913. The predicted octanol–water partition coefficient (Wildman–Crippen LogP) is 5.41. The molecule has 1 aromatic heterocycles. The van der Waals surface area contributed by atoms with Gasteiger partial charge in [0, 0.05) is 42.7 Å². The number of nitrogens with zero attached hydrogens (tertiary/aromatic N) is 1. The standard InChI is InChI=1S/C25H24F4N4O2S/c1-14(3-4-15-5-7-16(26)8-6-15)21-10-9-18-22(36(30,35)32-21)13-33(2)24(18)25(34)31-17-11-19(27)23(29)20(28)12-17/h5-14,21H,3-4H2,1-2H3,(H,31,34)(H2,30,32,35)/t14-,21+,36?/m0/s1. The average molecular weight is 521 g/mol. The van der Waals surface area contributed by atoms with Crippen molar-refractivity contribution >= 4 is 27.6 Å². The molecule has 1 amide bonds. The van der Waals surface area contributed by atoms with Gasteiger partial charge < -0.3 is 9.88 Å². The normalized spacial score (nSPS) is 20.0. The van der Waals surface area contributed by atoms with Gasteiger partial charge >= 0.3 is 0 Å². The second kappa shape index (κ2) is 9.90. The molecule has 2 heterocycles. The van der Waals surface area contributed by atoms with E-state index in [9.17, 15) is 26.6 Å². The van der Waals surface area contributed by atoms with E-state index in [1.165, 1.54) is 29.9 Å². The van der Waals surface area contributed by atoms with Crippen LogP contribution in [-0.4, -0.2) is 20.7 Å². The van der Waals surface area contributed by atoms with Gasteiger partial charge in [0.1, 0.15) is 21.4 Å². The van der Waals surface area contributed by atoms with Crippen molar-refractivity contribution in [3.63, 3.8) is 0 Å². The molecule has 0 saturated carbocycles. The number of amides is 1. The number of fused-ring (bicyclic) bond motifs is 1. The highest BCUT2D eigenvalue weighted by molar-refractivity contribution is 7.90.